The molecule has 1 aromatic heterocycles. The monoisotopic (exact) mass is 384 g/mol. The van der Waals surface area contributed by atoms with Crippen molar-refractivity contribution in [3.63, 3.8) is 0 Å². The third-order valence-electron chi connectivity index (χ3n) is 5.19. The number of fused-ring (bicyclic) bond motifs is 1. The second kappa shape index (κ2) is 8.65. The van der Waals surface area contributed by atoms with Crippen LogP contribution >= 0.6 is 0 Å². The van der Waals surface area contributed by atoms with Crippen LogP contribution in [0.1, 0.15) is 31.2 Å². The summed E-state index contributed by atoms with van der Waals surface area (Å²) < 4.78 is 13.4. The van der Waals surface area contributed by atoms with E-state index in [1.54, 1.807) is 0 Å². The lowest BCUT2D eigenvalue weighted by molar-refractivity contribution is -0.127. The van der Waals surface area contributed by atoms with Crippen molar-refractivity contribution in [3.8, 4) is 22.8 Å². The van der Waals surface area contributed by atoms with Crippen molar-refractivity contribution >= 4 is 5.91 Å². The lowest BCUT2D eigenvalue weighted by Gasteiger charge is -2.15. The number of amides is 1. The van der Waals surface area contributed by atoms with Crippen molar-refractivity contribution in [2.24, 2.45) is 7.05 Å². The first-order valence-corrected chi connectivity index (χ1v) is 10.1. The number of rotatable bonds is 7. The van der Waals surface area contributed by atoms with E-state index >= 15 is 0 Å². The largest absolute Gasteiger partial charge is 0.490 e. The number of hydrogen-bond acceptors (Lipinski definition) is 5. The molecule has 0 radical (unpaired) electrons. The molecule has 4 rings (SSSR count). The molecule has 1 saturated heterocycles. The molecule has 150 valence electrons. The number of ether oxygens (including phenoxy) is 2. The molecule has 2 aromatic rings. The zero-order valence-electron chi connectivity index (χ0n) is 16.4. The molecule has 7 nitrogen and oxygen atoms in total. The van der Waals surface area contributed by atoms with Crippen molar-refractivity contribution in [2.45, 2.75) is 32.2 Å². The van der Waals surface area contributed by atoms with Crippen LogP contribution in [-0.2, 0) is 18.4 Å². The van der Waals surface area contributed by atoms with Crippen LogP contribution in [-0.4, -0.2) is 53.4 Å². The Morgan fingerprint density at radius 2 is 2.04 bits per heavy atom. The molecule has 0 spiro atoms. The maximum Gasteiger partial charge on any atom is 0.222 e. The van der Waals surface area contributed by atoms with Gasteiger partial charge in [-0.25, -0.2) is 0 Å². The van der Waals surface area contributed by atoms with Crippen LogP contribution in [0.5, 0.6) is 11.5 Å². The number of benzene rings is 1. The number of nitrogens with one attached hydrogen (secondary N) is 1. The van der Waals surface area contributed by atoms with E-state index < -0.39 is 0 Å². The average Bonchev–Trinajstić information content (AvgIpc) is 3.18. The summed E-state index contributed by atoms with van der Waals surface area (Å²) in [6, 6.07) is 6.03. The van der Waals surface area contributed by atoms with E-state index in [1.165, 1.54) is 0 Å². The molecule has 0 saturated carbocycles. The van der Waals surface area contributed by atoms with Gasteiger partial charge in [0.1, 0.15) is 0 Å². The minimum Gasteiger partial charge on any atom is -0.490 e. The van der Waals surface area contributed by atoms with Gasteiger partial charge in [-0.15, -0.1) is 0 Å². The Morgan fingerprint density at radius 1 is 1.18 bits per heavy atom. The SMILES string of the molecule is Cn1cc(CNCCCN2CCCC2=O)c(-c2ccc3c(c2)OCCCO3)n1. The minimum absolute atomic E-state index is 0.295. The Hall–Kier alpha value is -2.54. The van der Waals surface area contributed by atoms with Crippen LogP contribution in [0, 0.1) is 0 Å². The van der Waals surface area contributed by atoms with E-state index in [-0.39, 0.29) is 0 Å². The smallest absolute Gasteiger partial charge is 0.222 e. The highest BCUT2D eigenvalue weighted by molar-refractivity contribution is 5.78. The highest BCUT2D eigenvalue weighted by Crippen LogP contribution is 2.34. The summed E-state index contributed by atoms with van der Waals surface area (Å²) in [6.07, 6.45) is 5.62. The fraction of sp³-hybridized carbons (Fsp3) is 0.524. The van der Waals surface area contributed by atoms with Crippen LogP contribution < -0.4 is 14.8 Å². The molecule has 0 unspecified atom stereocenters. The fourth-order valence-corrected chi connectivity index (χ4v) is 3.78. The number of aryl methyl sites for hydroxylation is 1. The standard InChI is InChI=1S/C21H28N4O3/c1-24-15-17(14-22-8-3-10-25-9-2-5-20(25)26)21(23-24)16-6-7-18-19(13-16)28-12-4-11-27-18/h6-7,13,15,22H,2-5,8-12,14H2,1H3. The van der Waals surface area contributed by atoms with Crippen LogP contribution in [0.2, 0.25) is 0 Å². The van der Waals surface area contributed by atoms with E-state index in [0.29, 0.717) is 25.5 Å². The average molecular weight is 384 g/mol. The third-order valence-corrected chi connectivity index (χ3v) is 5.19. The zero-order valence-corrected chi connectivity index (χ0v) is 16.4. The van der Waals surface area contributed by atoms with Gasteiger partial charge in [0.05, 0.1) is 18.9 Å². The summed E-state index contributed by atoms with van der Waals surface area (Å²) in [5, 5.41) is 8.14. The number of carbonyl (C=O) groups excluding carboxylic acids is 1. The quantitative estimate of drug-likeness (QED) is 0.742. The van der Waals surface area contributed by atoms with E-state index in [0.717, 1.165) is 73.8 Å². The number of carbonyl (C=O) groups is 1. The second-order valence-electron chi connectivity index (χ2n) is 7.40. The normalized spacial score (nSPS) is 16.5. The minimum atomic E-state index is 0.295. The highest BCUT2D eigenvalue weighted by Gasteiger charge is 2.19. The van der Waals surface area contributed by atoms with Gasteiger partial charge in [-0.1, -0.05) is 0 Å². The van der Waals surface area contributed by atoms with Gasteiger partial charge in [-0.3, -0.25) is 9.48 Å². The summed E-state index contributed by atoms with van der Waals surface area (Å²) >= 11 is 0. The zero-order chi connectivity index (χ0) is 19.3. The second-order valence-corrected chi connectivity index (χ2v) is 7.40. The summed E-state index contributed by atoms with van der Waals surface area (Å²) in [7, 11) is 1.94. The molecule has 1 fully saturated rings. The predicted octanol–water partition coefficient (Wildman–Crippen LogP) is 2.35. The van der Waals surface area contributed by atoms with Crippen LogP contribution in [0.25, 0.3) is 11.3 Å². The van der Waals surface area contributed by atoms with Gasteiger partial charge in [-0.2, -0.15) is 5.10 Å². The van der Waals surface area contributed by atoms with E-state index in [2.05, 4.69) is 16.6 Å². The van der Waals surface area contributed by atoms with E-state index in [4.69, 9.17) is 9.47 Å². The molecular formula is C21H28N4O3. The number of nitrogens with zero attached hydrogens (tertiary/aromatic N) is 3. The van der Waals surface area contributed by atoms with Crippen LogP contribution in [0.4, 0.5) is 0 Å². The summed E-state index contributed by atoms with van der Waals surface area (Å²) in [6.45, 7) is 4.73. The molecule has 2 aliphatic rings. The number of likely N-dealkylation sites (tertiary alicyclic amines) is 1. The maximum atomic E-state index is 11.7. The summed E-state index contributed by atoms with van der Waals surface area (Å²) in [4.78, 5) is 13.6. The maximum absolute atomic E-state index is 11.7. The summed E-state index contributed by atoms with van der Waals surface area (Å²) in [5.74, 6) is 1.88. The first-order valence-electron chi connectivity index (χ1n) is 10.1. The number of hydrogen-bond donors (Lipinski definition) is 1. The van der Waals surface area contributed by atoms with Crippen molar-refractivity contribution in [2.75, 3.05) is 32.8 Å². The molecule has 7 heteroatoms. The van der Waals surface area contributed by atoms with E-state index in [1.807, 2.05) is 34.8 Å². The predicted molar refractivity (Wildman–Crippen MR) is 106 cm³/mol. The van der Waals surface area contributed by atoms with Gasteiger partial charge in [0.15, 0.2) is 11.5 Å². The van der Waals surface area contributed by atoms with Crippen molar-refractivity contribution in [1.29, 1.82) is 0 Å². The lowest BCUT2D eigenvalue weighted by Crippen LogP contribution is -2.28. The Bertz CT molecular complexity index is 833. The molecule has 0 aliphatic carbocycles. The lowest BCUT2D eigenvalue weighted by atomic mass is 10.1. The topological polar surface area (TPSA) is 68.6 Å². The van der Waals surface area contributed by atoms with Gasteiger partial charge >= 0.3 is 0 Å². The van der Waals surface area contributed by atoms with Crippen LogP contribution in [0.15, 0.2) is 24.4 Å². The van der Waals surface area contributed by atoms with Crippen molar-refractivity contribution < 1.29 is 14.3 Å². The van der Waals surface area contributed by atoms with Gasteiger partial charge in [0.25, 0.3) is 0 Å². The Balaban J connectivity index is 1.37. The van der Waals surface area contributed by atoms with E-state index in [9.17, 15) is 4.79 Å². The molecule has 1 aromatic carbocycles. The van der Waals surface area contributed by atoms with Crippen molar-refractivity contribution in [3.05, 3.63) is 30.0 Å². The Kier molecular flexibility index (Phi) is 5.81. The molecule has 0 atom stereocenters. The Labute approximate surface area is 165 Å². The first kappa shape index (κ1) is 18.8. The van der Waals surface area contributed by atoms with Gasteiger partial charge in [0.2, 0.25) is 5.91 Å². The van der Waals surface area contributed by atoms with Crippen LogP contribution in [0.3, 0.4) is 0 Å². The molecule has 0 bridgehead atoms. The third kappa shape index (κ3) is 4.30. The van der Waals surface area contributed by atoms with Gasteiger partial charge < -0.3 is 19.7 Å². The molecule has 2 aliphatic heterocycles. The summed E-state index contributed by atoms with van der Waals surface area (Å²) in [5.41, 5.74) is 3.14. The molecular weight excluding hydrogens is 356 g/mol. The van der Waals surface area contributed by atoms with Gasteiger partial charge in [0, 0.05) is 56.8 Å². The molecule has 28 heavy (non-hydrogen) atoms. The first-order chi connectivity index (χ1) is 13.7. The fourth-order valence-electron chi connectivity index (χ4n) is 3.78. The molecule has 1 amide bonds. The highest BCUT2D eigenvalue weighted by atomic mass is 16.5. The van der Waals surface area contributed by atoms with Crippen molar-refractivity contribution in [1.82, 2.24) is 20.0 Å². The Morgan fingerprint density at radius 3 is 2.86 bits per heavy atom. The molecule has 1 N–H and O–H groups in total. The molecule has 3 heterocycles. The van der Waals surface area contributed by atoms with Gasteiger partial charge in [-0.05, 0) is 37.6 Å². The number of aromatic nitrogens is 2.